The molecule has 0 spiro atoms. The smallest absolute Gasteiger partial charge is 0.248 e. The molecule has 1 heterocycles. The number of aromatic hydroxyl groups is 1. The minimum atomic E-state index is -0.233. The number of aromatic nitrogens is 1. The molecule has 0 radical (unpaired) electrons. The van der Waals surface area contributed by atoms with Gasteiger partial charge in [0.05, 0.1) is 11.6 Å². The number of phenols is 1. The molecule has 0 fully saturated rings. The Morgan fingerprint density at radius 3 is 2.37 bits per heavy atom. The van der Waals surface area contributed by atoms with E-state index >= 15 is 0 Å². The third-order valence-electron chi connectivity index (χ3n) is 6.35. The number of benzene rings is 2. The average molecular weight is 407 g/mol. The fourth-order valence-corrected chi connectivity index (χ4v) is 4.71. The second kappa shape index (κ2) is 8.62. The Morgan fingerprint density at radius 2 is 1.77 bits per heavy atom. The van der Waals surface area contributed by atoms with Crippen LogP contribution in [-0.4, -0.2) is 29.8 Å². The molecule has 5 nitrogen and oxygen atoms in total. The number of hydrogen-bond donors (Lipinski definition) is 3. The van der Waals surface area contributed by atoms with Crippen LogP contribution in [0.4, 0.5) is 0 Å². The van der Waals surface area contributed by atoms with Crippen LogP contribution in [-0.2, 0) is 30.4 Å². The lowest BCUT2D eigenvalue weighted by atomic mass is 9.97. The molecule has 1 aromatic heterocycles. The van der Waals surface area contributed by atoms with Crippen LogP contribution < -0.4 is 10.9 Å². The van der Waals surface area contributed by atoms with Crippen molar-refractivity contribution in [2.24, 2.45) is 0 Å². The van der Waals surface area contributed by atoms with Crippen molar-refractivity contribution in [1.82, 2.24) is 10.3 Å². The Morgan fingerprint density at radius 1 is 1.10 bits per heavy atom. The van der Waals surface area contributed by atoms with E-state index in [1.807, 2.05) is 6.07 Å². The summed E-state index contributed by atoms with van der Waals surface area (Å²) in [4.78, 5) is 14.4. The Bertz CT molecular complexity index is 1090. The van der Waals surface area contributed by atoms with Gasteiger partial charge in [-0.15, -0.1) is 0 Å². The number of fused-ring (bicyclic) bond motifs is 2. The Labute approximate surface area is 177 Å². The summed E-state index contributed by atoms with van der Waals surface area (Å²) in [5.41, 5.74) is 7.03. The predicted molar refractivity (Wildman–Crippen MR) is 120 cm³/mol. The lowest BCUT2D eigenvalue weighted by Crippen LogP contribution is -2.33. The molecular weight excluding hydrogens is 376 g/mol. The molecule has 0 amide bonds. The maximum Gasteiger partial charge on any atom is 0.248 e. The molecule has 30 heavy (non-hydrogen) atoms. The van der Waals surface area contributed by atoms with Gasteiger partial charge in [0.2, 0.25) is 5.56 Å². The number of aromatic amines is 1. The van der Waals surface area contributed by atoms with Crippen molar-refractivity contribution in [3.63, 3.8) is 0 Å². The Balaban J connectivity index is 1.51. The molecule has 3 aromatic rings. The monoisotopic (exact) mass is 406 g/mol. The van der Waals surface area contributed by atoms with Crippen molar-refractivity contribution in [1.29, 1.82) is 0 Å². The van der Waals surface area contributed by atoms with Crippen LogP contribution in [0.1, 0.15) is 47.8 Å². The first-order valence-electron chi connectivity index (χ1n) is 10.8. The number of phenolic OH excluding ortho intramolecular Hbond substituents is 1. The van der Waals surface area contributed by atoms with E-state index < -0.39 is 0 Å². The normalized spacial score (nSPS) is 14.9. The Kier molecular flexibility index (Phi) is 5.93. The topological polar surface area (TPSA) is 74.3 Å². The molecule has 0 bridgehead atoms. The molecule has 2 aromatic carbocycles. The van der Waals surface area contributed by atoms with Gasteiger partial charge in [-0.05, 0) is 65.6 Å². The van der Waals surface area contributed by atoms with Gasteiger partial charge in [0, 0.05) is 31.1 Å². The molecule has 1 aliphatic rings. The average Bonchev–Trinajstić information content (AvgIpc) is 3.16. The van der Waals surface area contributed by atoms with Crippen molar-refractivity contribution in [2.45, 2.75) is 51.7 Å². The van der Waals surface area contributed by atoms with Gasteiger partial charge in [0.15, 0.2) is 0 Å². The summed E-state index contributed by atoms with van der Waals surface area (Å²) in [5, 5.41) is 14.6. The van der Waals surface area contributed by atoms with Gasteiger partial charge in [-0.3, -0.25) is 4.79 Å². The second-order valence-corrected chi connectivity index (χ2v) is 8.12. The summed E-state index contributed by atoms with van der Waals surface area (Å²) in [6.07, 6.45) is 4.05. The predicted octanol–water partition coefficient (Wildman–Crippen LogP) is 3.80. The molecular formula is C25H30N2O3. The highest BCUT2D eigenvalue weighted by molar-refractivity contribution is 5.87. The first kappa shape index (κ1) is 20.6. The molecule has 0 aliphatic heterocycles. The van der Waals surface area contributed by atoms with Gasteiger partial charge < -0.3 is 20.1 Å². The van der Waals surface area contributed by atoms with Gasteiger partial charge in [-0.2, -0.15) is 0 Å². The zero-order chi connectivity index (χ0) is 21.3. The van der Waals surface area contributed by atoms with Crippen molar-refractivity contribution >= 4 is 10.9 Å². The lowest BCUT2D eigenvalue weighted by Gasteiger charge is -2.21. The van der Waals surface area contributed by atoms with E-state index in [2.05, 4.69) is 36.3 Å². The number of aryl methyl sites for hydroxylation is 2. The van der Waals surface area contributed by atoms with Crippen molar-refractivity contribution < 1.29 is 9.84 Å². The summed E-state index contributed by atoms with van der Waals surface area (Å²) < 4.78 is 5.79. The standard InChI is InChI=1S/C25H30N2O3/c1-4-15-10-17-12-19(13-18(17)11-16(15)5-2)26-14-23(30-3)20-6-8-22(28)25-21(20)7-9-24(29)27-25/h6-11,19,23,26,28H,4-5,12-14H2,1-3H3,(H,27,29)/t23-/m0/s1. The SMILES string of the molecule is CCc1cc2c(cc1CC)CC(NC[C@H](OC)c1ccc(O)c3[nH]c(=O)ccc13)C2. The van der Waals surface area contributed by atoms with Crippen LogP contribution in [0.2, 0.25) is 0 Å². The van der Waals surface area contributed by atoms with E-state index in [4.69, 9.17) is 4.74 Å². The highest BCUT2D eigenvalue weighted by Crippen LogP contribution is 2.31. The quantitative estimate of drug-likeness (QED) is 0.558. The number of nitrogens with one attached hydrogen (secondary N) is 2. The number of ether oxygens (including phenoxy) is 1. The van der Waals surface area contributed by atoms with Crippen molar-refractivity contribution in [2.75, 3.05) is 13.7 Å². The van der Waals surface area contributed by atoms with E-state index in [0.717, 1.165) is 36.6 Å². The number of methoxy groups -OCH3 is 1. The summed E-state index contributed by atoms with van der Waals surface area (Å²) in [6, 6.07) is 11.9. The molecule has 1 atom stereocenters. The zero-order valence-electron chi connectivity index (χ0n) is 17.9. The minimum absolute atomic E-state index is 0.0685. The zero-order valence-corrected chi connectivity index (χ0v) is 17.9. The van der Waals surface area contributed by atoms with E-state index in [0.29, 0.717) is 18.1 Å². The van der Waals surface area contributed by atoms with Crippen LogP contribution in [0, 0.1) is 0 Å². The molecule has 158 valence electrons. The summed E-state index contributed by atoms with van der Waals surface area (Å²) in [6.45, 7) is 5.11. The number of pyridine rings is 1. The first-order valence-corrected chi connectivity index (χ1v) is 10.8. The molecule has 0 unspecified atom stereocenters. The maximum absolute atomic E-state index is 11.7. The van der Waals surface area contributed by atoms with Crippen LogP contribution in [0.5, 0.6) is 5.75 Å². The highest BCUT2D eigenvalue weighted by Gasteiger charge is 2.24. The van der Waals surface area contributed by atoms with Crippen molar-refractivity contribution in [3.8, 4) is 5.75 Å². The fourth-order valence-electron chi connectivity index (χ4n) is 4.71. The molecule has 0 saturated heterocycles. The molecule has 3 N–H and O–H groups in total. The molecule has 4 rings (SSSR count). The Hall–Kier alpha value is -2.63. The highest BCUT2D eigenvalue weighted by atomic mass is 16.5. The maximum atomic E-state index is 11.7. The lowest BCUT2D eigenvalue weighted by molar-refractivity contribution is 0.101. The molecule has 5 heteroatoms. The summed E-state index contributed by atoms with van der Waals surface area (Å²) in [5.74, 6) is 0.0685. The van der Waals surface area contributed by atoms with Crippen LogP contribution >= 0.6 is 0 Å². The van der Waals surface area contributed by atoms with E-state index in [1.54, 1.807) is 19.2 Å². The molecule has 1 aliphatic carbocycles. The third-order valence-corrected chi connectivity index (χ3v) is 6.35. The minimum Gasteiger partial charge on any atom is -0.506 e. The van der Waals surface area contributed by atoms with E-state index in [9.17, 15) is 9.90 Å². The number of H-pyrrole nitrogens is 1. The van der Waals surface area contributed by atoms with Crippen LogP contribution in [0.15, 0.2) is 41.2 Å². The summed E-state index contributed by atoms with van der Waals surface area (Å²) in [7, 11) is 1.70. The van der Waals surface area contributed by atoms with E-state index in [1.165, 1.54) is 28.3 Å². The largest absolute Gasteiger partial charge is 0.506 e. The van der Waals surface area contributed by atoms with Crippen LogP contribution in [0.3, 0.4) is 0 Å². The van der Waals surface area contributed by atoms with E-state index in [-0.39, 0.29) is 17.4 Å². The fraction of sp³-hybridized carbons (Fsp3) is 0.400. The number of rotatable bonds is 7. The van der Waals surface area contributed by atoms with Gasteiger partial charge in [-0.1, -0.05) is 32.0 Å². The van der Waals surface area contributed by atoms with Gasteiger partial charge in [0.1, 0.15) is 5.75 Å². The van der Waals surface area contributed by atoms with Crippen LogP contribution in [0.25, 0.3) is 10.9 Å². The van der Waals surface area contributed by atoms with Gasteiger partial charge in [-0.25, -0.2) is 0 Å². The second-order valence-electron chi connectivity index (χ2n) is 8.12. The number of hydrogen-bond acceptors (Lipinski definition) is 4. The van der Waals surface area contributed by atoms with Crippen molar-refractivity contribution in [3.05, 3.63) is 74.6 Å². The first-order chi connectivity index (χ1) is 14.5. The molecule has 0 saturated carbocycles. The third kappa shape index (κ3) is 3.87. The summed E-state index contributed by atoms with van der Waals surface area (Å²) >= 11 is 0. The van der Waals surface area contributed by atoms with Gasteiger partial charge >= 0.3 is 0 Å². The van der Waals surface area contributed by atoms with Gasteiger partial charge in [0.25, 0.3) is 0 Å².